The summed E-state index contributed by atoms with van der Waals surface area (Å²) < 4.78 is 17.1. The first-order chi connectivity index (χ1) is 4.00. The van der Waals surface area contributed by atoms with Gasteiger partial charge in [-0.25, -0.2) is 0 Å². The molecule has 4 N–H and O–H groups in total. The molecule has 0 aromatic carbocycles. The molecule has 0 unspecified atom stereocenters. The zero-order valence-electron chi connectivity index (χ0n) is 6.86. The molecule has 0 heterocycles. The van der Waals surface area contributed by atoms with Crippen LogP contribution in [0.5, 0.6) is 0 Å². The maximum atomic E-state index is 8.55. The van der Waals surface area contributed by atoms with Crippen molar-refractivity contribution < 1.29 is 89.1 Å². The van der Waals surface area contributed by atoms with Gasteiger partial charge in [0.1, 0.15) is 0 Å². The maximum Gasteiger partial charge on any atom is 3.00 e. The molecule has 16 heteroatoms. The van der Waals surface area contributed by atoms with Crippen molar-refractivity contribution in [2.75, 3.05) is 0 Å². The SMILES string of the molecule is O.O=P([O-])([O-])[O-].O=P([O-])([O-])[O-].[Al+3].[Fe+3].[Mn+2].[OH-].[OH-]. The third-order valence-corrected chi connectivity index (χ3v) is 0. The van der Waals surface area contributed by atoms with Crippen LogP contribution in [0.15, 0.2) is 0 Å². The van der Waals surface area contributed by atoms with E-state index in [4.69, 9.17) is 38.5 Å². The van der Waals surface area contributed by atoms with Gasteiger partial charge in [0.15, 0.2) is 0 Å². The molecule has 0 atom stereocenters. The summed E-state index contributed by atoms with van der Waals surface area (Å²) in [6, 6.07) is 0. The van der Waals surface area contributed by atoms with Gasteiger partial charge in [0, 0.05) is 0 Å². The summed E-state index contributed by atoms with van der Waals surface area (Å²) in [6.07, 6.45) is 0. The van der Waals surface area contributed by atoms with Gasteiger partial charge in [-0.2, -0.15) is 15.6 Å². The molecule has 0 aromatic rings. The third kappa shape index (κ3) is 1210. The predicted molar refractivity (Wildman–Crippen MR) is 28.5 cm³/mol. The van der Waals surface area contributed by atoms with E-state index in [1.165, 1.54) is 0 Å². The first-order valence-corrected chi connectivity index (χ1v) is 4.38. The minimum absolute atomic E-state index is 0. The predicted octanol–water partition coefficient (Wildman–Crippen LogP) is -7.21. The summed E-state index contributed by atoms with van der Waals surface area (Å²) in [6.45, 7) is 0. The Labute approximate surface area is 122 Å². The Morgan fingerprint density at radius 1 is 0.688 bits per heavy atom. The van der Waals surface area contributed by atoms with Gasteiger partial charge in [0.25, 0.3) is 0 Å². The molecule has 98 valence electrons. The van der Waals surface area contributed by atoms with E-state index in [1.807, 2.05) is 0 Å². The van der Waals surface area contributed by atoms with Gasteiger partial charge in [-0.3, -0.25) is 0 Å². The normalized spacial score (nSPS) is 7.38. The van der Waals surface area contributed by atoms with Crippen LogP contribution in [0.1, 0.15) is 0 Å². The van der Waals surface area contributed by atoms with Crippen LogP contribution in [0, 0.1) is 0 Å². The monoisotopic (exact) mass is 380 g/mol. The Kier molecular flexibility index (Phi) is 71.9. The molecule has 0 aromatic heterocycles. The number of phosphoric acid groups is 2. The molecule has 0 saturated heterocycles. The van der Waals surface area contributed by atoms with Gasteiger partial charge in [0.2, 0.25) is 0 Å². The molecule has 2 radical (unpaired) electrons. The second-order valence-corrected chi connectivity index (χ2v) is 2.68. The fraction of sp³-hybridized carbons (Fsp3) is 0. The maximum absolute atomic E-state index is 8.55. The van der Waals surface area contributed by atoms with Gasteiger partial charge in [-0.15, -0.1) is 0 Å². The Hall–Kier alpha value is 1.67. The quantitative estimate of drug-likeness (QED) is 0.283. The third-order valence-electron chi connectivity index (χ3n) is 0. The van der Waals surface area contributed by atoms with Gasteiger partial charge in [0.05, 0.1) is 0 Å². The molecule has 0 fully saturated rings. The Bertz CT molecular complexity index is 136. The van der Waals surface area contributed by atoms with Gasteiger partial charge in [-0.05, 0) is 0 Å². The average molecular weight is 380 g/mol. The summed E-state index contributed by atoms with van der Waals surface area (Å²) in [4.78, 5) is 51.3. The zero-order chi connectivity index (χ0) is 9.00. The van der Waals surface area contributed by atoms with Crippen molar-refractivity contribution in [3.05, 3.63) is 0 Å². The molecule has 0 aliphatic heterocycles. The van der Waals surface area contributed by atoms with Crippen molar-refractivity contribution >= 4 is 33.0 Å². The molecular formula is H4AlFeMnO11P2. The van der Waals surface area contributed by atoms with E-state index < -0.39 is 15.6 Å². The summed E-state index contributed by atoms with van der Waals surface area (Å²) in [5, 5.41) is 0. The first-order valence-electron chi connectivity index (χ1n) is 1.46. The summed E-state index contributed by atoms with van der Waals surface area (Å²) in [5.41, 5.74) is 0. The molecular weight excluding hydrogens is 376 g/mol. The van der Waals surface area contributed by atoms with Crippen molar-refractivity contribution in [1.29, 1.82) is 0 Å². The van der Waals surface area contributed by atoms with Crippen LogP contribution in [0.25, 0.3) is 0 Å². The van der Waals surface area contributed by atoms with Gasteiger partial charge in [-0.1, -0.05) is 0 Å². The molecule has 0 amide bonds. The van der Waals surface area contributed by atoms with Crippen LogP contribution in [0.3, 0.4) is 0 Å². The van der Waals surface area contributed by atoms with E-state index in [-0.39, 0.29) is 67.9 Å². The smallest absolute Gasteiger partial charge is 0.870 e. The minimum atomic E-state index is -5.39. The molecule has 0 spiro atoms. The van der Waals surface area contributed by atoms with Crippen molar-refractivity contribution in [3.8, 4) is 0 Å². The number of rotatable bonds is 0. The van der Waals surface area contributed by atoms with Crippen LogP contribution in [0.2, 0.25) is 0 Å². The second-order valence-electron chi connectivity index (χ2n) is 0.894. The van der Waals surface area contributed by atoms with Crippen molar-refractivity contribution in [1.82, 2.24) is 0 Å². The number of hydrogen-bond donors (Lipinski definition) is 0. The van der Waals surface area contributed by atoms with Gasteiger partial charge >= 0.3 is 51.5 Å². The second kappa shape index (κ2) is 21.9. The topological polar surface area (TPSA) is 264 Å². The van der Waals surface area contributed by atoms with Crippen LogP contribution in [-0.2, 0) is 43.3 Å². The van der Waals surface area contributed by atoms with E-state index in [1.54, 1.807) is 0 Å². The zero-order valence-corrected chi connectivity index (χ0v) is 12.1. The Balaban J connectivity index is -0.00000000970. The van der Waals surface area contributed by atoms with Crippen molar-refractivity contribution in [2.24, 2.45) is 0 Å². The van der Waals surface area contributed by atoms with Crippen molar-refractivity contribution in [3.63, 3.8) is 0 Å². The fourth-order valence-corrected chi connectivity index (χ4v) is 0. The molecule has 16 heavy (non-hydrogen) atoms. The molecule has 0 bridgehead atoms. The Morgan fingerprint density at radius 2 is 0.688 bits per heavy atom. The molecule has 11 nitrogen and oxygen atoms in total. The van der Waals surface area contributed by atoms with Crippen LogP contribution in [-0.4, -0.2) is 33.8 Å². The average Bonchev–Trinajstić information content (AvgIpc) is 1.12. The molecule has 0 saturated carbocycles. The van der Waals surface area contributed by atoms with E-state index in [9.17, 15) is 0 Å². The van der Waals surface area contributed by atoms with Crippen molar-refractivity contribution in [2.45, 2.75) is 0 Å². The van der Waals surface area contributed by atoms with E-state index in [0.717, 1.165) is 0 Å². The molecule has 0 aliphatic rings. The van der Waals surface area contributed by atoms with E-state index in [2.05, 4.69) is 0 Å². The first kappa shape index (κ1) is 52.5. The van der Waals surface area contributed by atoms with Crippen LogP contribution < -0.4 is 29.4 Å². The van der Waals surface area contributed by atoms with E-state index >= 15 is 0 Å². The molecule has 0 rings (SSSR count). The number of hydrogen-bond acceptors (Lipinski definition) is 10. The van der Waals surface area contributed by atoms with Crippen LogP contribution >= 0.6 is 15.6 Å². The summed E-state index contributed by atoms with van der Waals surface area (Å²) in [5.74, 6) is 0. The summed E-state index contributed by atoms with van der Waals surface area (Å²) >= 11 is 0. The largest absolute Gasteiger partial charge is 3.00 e. The summed E-state index contributed by atoms with van der Waals surface area (Å²) in [7, 11) is -10.8. The van der Waals surface area contributed by atoms with E-state index in [0.29, 0.717) is 0 Å². The van der Waals surface area contributed by atoms with Gasteiger partial charge < -0.3 is 54.9 Å². The van der Waals surface area contributed by atoms with Crippen LogP contribution in [0.4, 0.5) is 0 Å². The molecule has 0 aliphatic carbocycles. The minimum Gasteiger partial charge on any atom is -0.870 e. The Morgan fingerprint density at radius 3 is 0.688 bits per heavy atom. The standard InChI is InChI=1S/Al.Fe.Mn.2H3O4P.3H2O/c;;;2*1-5(2,3)4;;;/h;;;2*(H3,1,2,3,4);3*1H2/q2*+3;+2;;;;;/p-8. The fourth-order valence-electron chi connectivity index (χ4n) is 0.